The molecule has 0 heterocycles. The number of rotatable bonds is 8. The number of hydrogen-bond donors (Lipinski definition) is 1. The van der Waals surface area contributed by atoms with Gasteiger partial charge in [0, 0.05) is 31.8 Å². The lowest BCUT2D eigenvalue weighted by atomic mass is 9.91. The average molecular weight is 507 g/mol. The minimum Gasteiger partial charge on any atom is -0.494 e. The van der Waals surface area contributed by atoms with Crippen LogP contribution >= 0.6 is 0 Å². The molecule has 4 nitrogen and oxygen atoms in total. The van der Waals surface area contributed by atoms with Gasteiger partial charge in [-0.25, -0.2) is 0 Å². The van der Waals surface area contributed by atoms with Gasteiger partial charge in [0.25, 0.3) is 0 Å². The molecule has 35 heavy (non-hydrogen) atoms. The monoisotopic (exact) mass is 506 g/mol. The van der Waals surface area contributed by atoms with E-state index in [4.69, 9.17) is 10.5 Å². The maximum absolute atomic E-state index is 12.4. The predicted octanol–water partition coefficient (Wildman–Crippen LogP) is 8.98. The quantitative estimate of drug-likeness (QED) is 0.358. The highest BCUT2D eigenvalue weighted by Crippen LogP contribution is 2.33. The van der Waals surface area contributed by atoms with E-state index in [1.54, 1.807) is 6.92 Å². The van der Waals surface area contributed by atoms with Crippen LogP contribution in [0.3, 0.4) is 0 Å². The summed E-state index contributed by atoms with van der Waals surface area (Å²) in [5, 5.41) is 0. The molecule has 1 aromatic rings. The van der Waals surface area contributed by atoms with E-state index in [2.05, 4.69) is 55.4 Å². The van der Waals surface area contributed by atoms with Crippen molar-refractivity contribution < 1.29 is 22.7 Å². The molecule has 7 heteroatoms. The van der Waals surface area contributed by atoms with Crippen LogP contribution < -0.4 is 10.5 Å². The maximum Gasteiger partial charge on any atom is 0.416 e. The van der Waals surface area contributed by atoms with E-state index in [1.807, 2.05) is 11.8 Å². The largest absolute Gasteiger partial charge is 0.494 e. The van der Waals surface area contributed by atoms with E-state index in [-0.39, 0.29) is 17.3 Å². The highest BCUT2D eigenvalue weighted by Gasteiger charge is 2.31. The molecule has 0 aliphatic rings. The van der Waals surface area contributed by atoms with E-state index in [1.165, 1.54) is 25.3 Å². The number of anilines is 1. The lowest BCUT2D eigenvalue weighted by Crippen LogP contribution is -2.29. The van der Waals surface area contributed by atoms with Crippen LogP contribution in [-0.4, -0.2) is 30.5 Å². The number of nitrogens with zero attached hydrogens (tertiary/aromatic N) is 1. The Morgan fingerprint density at radius 1 is 0.886 bits per heavy atom. The van der Waals surface area contributed by atoms with Crippen molar-refractivity contribution in [3.8, 4) is 5.75 Å². The van der Waals surface area contributed by atoms with Gasteiger partial charge >= 0.3 is 6.18 Å². The van der Waals surface area contributed by atoms with E-state index >= 15 is 0 Å². The molecule has 0 radical (unpaired) electrons. The fourth-order valence-electron chi connectivity index (χ4n) is 2.81. The summed E-state index contributed by atoms with van der Waals surface area (Å²) in [6.07, 6.45) is 2.35. The van der Waals surface area contributed by atoms with Gasteiger partial charge in [-0.05, 0) is 43.2 Å². The number of carbonyl (C=O) groups is 1. The summed E-state index contributed by atoms with van der Waals surface area (Å²) < 4.78 is 42.2. The highest BCUT2D eigenvalue weighted by molar-refractivity contribution is 5.73. The van der Waals surface area contributed by atoms with Gasteiger partial charge in [0.2, 0.25) is 5.91 Å². The molecule has 1 rings (SSSR count). The number of ether oxygens (including phenoxy) is 1. The number of alkyl halides is 3. The molecule has 0 fully saturated rings. The summed E-state index contributed by atoms with van der Waals surface area (Å²) >= 11 is 0. The fourth-order valence-corrected chi connectivity index (χ4v) is 2.81. The second-order valence-electron chi connectivity index (χ2n) is 9.66. The summed E-state index contributed by atoms with van der Waals surface area (Å²) in [6.45, 7) is 23.2. The third-order valence-electron chi connectivity index (χ3n) is 4.16. The SMILES string of the molecule is CCC.CCCC(C)(C)C.CCCN(CCC)C(C)=O.CCCOc1cc(N)cc(C(F)(F)F)c1. The minimum atomic E-state index is -4.39. The number of amides is 1. The van der Waals surface area contributed by atoms with Gasteiger partial charge in [-0.1, -0.05) is 75.2 Å². The van der Waals surface area contributed by atoms with Crippen LogP contribution in [0.1, 0.15) is 113 Å². The first-order valence-electron chi connectivity index (χ1n) is 13.0. The normalized spacial score (nSPS) is 10.5. The molecule has 0 aliphatic heterocycles. The van der Waals surface area contributed by atoms with Crippen molar-refractivity contribution in [3.05, 3.63) is 23.8 Å². The van der Waals surface area contributed by atoms with Crippen LogP contribution in [0.5, 0.6) is 5.75 Å². The Hall–Kier alpha value is -1.92. The van der Waals surface area contributed by atoms with Gasteiger partial charge in [0.15, 0.2) is 0 Å². The van der Waals surface area contributed by atoms with Crippen molar-refractivity contribution in [2.75, 3.05) is 25.4 Å². The Morgan fingerprint density at radius 3 is 1.66 bits per heavy atom. The van der Waals surface area contributed by atoms with Gasteiger partial charge in [0.1, 0.15) is 5.75 Å². The topological polar surface area (TPSA) is 55.6 Å². The summed E-state index contributed by atoms with van der Waals surface area (Å²) in [6, 6.07) is 3.22. The molecular weight excluding hydrogens is 453 g/mol. The van der Waals surface area contributed by atoms with Crippen molar-refractivity contribution in [1.82, 2.24) is 4.90 Å². The zero-order valence-corrected chi connectivity index (χ0v) is 24.1. The van der Waals surface area contributed by atoms with Gasteiger partial charge in [-0.15, -0.1) is 0 Å². The highest BCUT2D eigenvalue weighted by atomic mass is 19.4. The van der Waals surface area contributed by atoms with E-state index in [9.17, 15) is 18.0 Å². The molecule has 1 aromatic carbocycles. The number of carbonyl (C=O) groups excluding carboxylic acids is 1. The first-order valence-corrected chi connectivity index (χ1v) is 13.0. The Morgan fingerprint density at radius 2 is 1.37 bits per heavy atom. The molecule has 0 saturated heterocycles. The average Bonchev–Trinajstić information content (AvgIpc) is 2.71. The second kappa shape index (κ2) is 21.4. The Labute approximate surface area is 213 Å². The van der Waals surface area contributed by atoms with Crippen molar-refractivity contribution in [2.45, 2.75) is 114 Å². The molecule has 0 saturated carbocycles. The summed E-state index contributed by atoms with van der Waals surface area (Å²) in [7, 11) is 0. The summed E-state index contributed by atoms with van der Waals surface area (Å²) in [5.74, 6) is 0.355. The third-order valence-corrected chi connectivity index (χ3v) is 4.16. The van der Waals surface area contributed by atoms with Crippen LogP contribution in [0.4, 0.5) is 18.9 Å². The standard InChI is InChI=1S/C10H12F3NO.C8H17NO.C7H16.C3H8/c1-2-3-15-9-5-7(10(11,12)13)4-8(14)6-9;1-4-6-9(7-5-2)8(3)10;1-5-6-7(2,3)4;1-3-2/h4-6H,2-3,14H2,1H3;4-7H2,1-3H3;5-6H2,1-4H3;3H2,1-2H3. The zero-order valence-electron chi connectivity index (χ0n) is 24.1. The van der Waals surface area contributed by atoms with Crippen LogP contribution in [0.25, 0.3) is 0 Å². The predicted molar refractivity (Wildman–Crippen MR) is 145 cm³/mol. The van der Waals surface area contributed by atoms with Gasteiger partial charge in [-0.2, -0.15) is 13.2 Å². The first kappa shape index (κ1) is 37.6. The van der Waals surface area contributed by atoms with Crippen LogP contribution in [0, 0.1) is 5.41 Å². The molecule has 0 bridgehead atoms. The van der Waals surface area contributed by atoms with Crippen molar-refractivity contribution in [2.24, 2.45) is 5.41 Å². The lowest BCUT2D eigenvalue weighted by molar-refractivity contribution is -0.137. The Kier molecular flexibility index (Phi) is 23.0. The maximum atomic E-state index is 12.4. The number of nitrogen functional groups attached to an aromatic ring is 1. The third kappa shape index (κ3) is 25.0. The minimum absolute atomic E-state index is 0.0518. The van der Waals surface area contributed by atoms with E-state index in [0.29, 0.717) is 12.0 Å². The molecular formula is C28H53F3N2O2. The van der Waals surface area contributed by atoms with Crippen LogP contribution in [0.2, 0.25) is 0 Å². The van der Waals surface area contributed by atoms with Crippen molar-refractivity contribution in [3.63, 3.8) is 0 Å². The van der Waals surface area contributed by atoms with Gasteiger partial charge in [0.05, 0.1) is 12.2 Å². The summed E-state index contributed by atoms with van der Waals surface area (Å²) in [4.78, 5) is 12.7. The van der Waals surface area contributed by atoms with Crippen molar-refractivity contribution in [1.29, 1.82) is 0 Å². The molecule has 0 aromatic heterocycles. The molecule has 0 aliphatic carbocycles. The molecule has 0 unspecified atom stereocenters. The molecule has 1 amide bonds. The lowest BCUT2D eigenvalue weighted by Gasteiger charge is -2.18. The Balaban J connectivity index is -0.000000444. The number of benzene rings is 1. The smallest absolute Gasteiger partial charge is 0.416 e. The van der Waals surface area contributed by atoms with E-state index in [0.717, 1.165) is 44.5 Å². The fraction of sp³-hybridized carbons (Fsp3) is 0.750. The Bertz CT molecular complexity index is 636. The first-order chi connectivity index (χ1) is 16.1. The van der Waals surface area contributed by atoms with E-state index < -0.39 is 11.7 Å². The van der Waals surface area contributed by atoms with Gasteiger partial charge in [-0.3, -0.25) is 4.79 Å². The van der Waals surface area contributed by atoms with Crippen molar-refractivity contribution >= 4 is 11.6 Å². The molecule has 208 valence electrons. The van der Waals surface area contributed by atoms with Gasteiger partial charge < -0.3 is 15.4 Å². The molecule has 0 spiro atoms. The number of hydrogen-bond acceptors (Lipinski definition) is 3. The second-order valence-corrected chi connectivity index (χ2v) is 9.66. The van der Waals surface area contributed by atoms with Crippen LogP contribution in [-0.2, 0) is 11.0 Å². The molecule has 2 N–H and O–H groups in total. The summed E-state index contributed by atoms with van der Waals surface area (Å²) in [5.41, 5.74) is 5.17. The zero-order chi connectivity index (χ0) is 28.1. The molecule has 0 atom stereocenters. The van der Waals surface area contributed by atoms with Crippen LogP contribution in [0.15, 0.2) is 18.2 Å². The number of nitrogens with two attached hydrogens (primary N) is 1. The number of halogens is 3.